The number of amides is 1. The van der Waals surface area contributed by atoms with Crippen LogP contribution >= 0.6 is 23.2 Å². The third-order valence-electron chi connectivity index (χ3n) is 4.04. The fraction of sp³-hybridized carbons (Fsp3) is 0.143. The summed E-state index contributed by atoms with van der Waals surface area (Å²) < 4.78 is 5.18. The highest BCUT2D eigenvalue weighted by Gasteiger charge is 2.08. The standard InChI is InChI=1S/C21H19Cl2N3O2/c1-28-20(21(27)25-10-8-15-5-2-3-9-24-15)7-4-6-16-11-14-12-17(22)18(23)13-19(14)26-16/h2-7,9,11-13,26H,8,10H2,1H3,(H,25,27)/b6-4+,20-7-. The van der Waals surface area contributed by atoms with Crippen LogP contribution in [0.2, 0.25) is 10.0 Å². The van der Waals surface area contributed by atoms with Crippen LogP contribution in [0.4, 0.5) is 0 Å². The zero-order valence-electron chi connectivity index (χ0n) is 15.2. The van der Waals surface area contributed by atoms with Crippen LogP contribution in [0.1, 0.15) is 11.4 Å². The number of hydrogen-bond acceptors (Lipinski definition) is 3. The molecule has 0 saturated carbocycles. The van der Waals surface area contributed by atoms with Crippen molar-refractivity contribution in [3.05, 3.63) is 81.9 Å². The number of hydrogen-bond donors (Lipinski definition) is 2. The van der Waals surface area contributed by atoms with E-state index in [4.69, 9.17) is 27.9 Å². The number of carbonyl (C=O) groups is 1. The van der Waals surface area contributed by atoms with E-state index >= 15 is 0 Å². The first-order chi connectivity index (χ1) is 13.6. The molecule has 2 heterocycles. The Morgan fingerprint density at radius 2 is 2.07 bits per heavy atom. The Kier molecular flexibility index (Phi) is 6.74. The van der Waals surface area contributed by atoms with Gasteiger partial charge in [-0.1, -0.05) is 35.3 Å². The van der Waals surface area contributed by atoms with Crippen LogP contribution in [0, 0.1) is 0 Å². The Morgan fingerprint density at radius 3 is 2.82 bits per heavy atom. The first-order valence-corrected chi connectivity index (χ1v) is 9.40. The average Bonchev–Trinajstić information content (AvgIpc) is 3.07. The van der Waals surface area contributed by atoms with Gasteiger partial charge in [-0.3, -0.25) is 9.78 Å². The predicted molar refractivity (Wildman–Crippen MR) is 113 cm³/mol. The average molecular weight is 416 g/mol. The van der Waals surface area contributed by atoms with Gasteiger partial charge in [-0.2, -0.15) is 0 Å². The number of H-pyrrole nitrogens is 1. The summed E-state index contributed by atoms with van der Waals surface area (Å²) in [4.78, 5) is 19.7. The number of aromatic amines is 1. The van der Waals surface area contributed by atoms with Gasteiger partial charge >= 0.3 is 0 Å². The third kappa shape index (κ3) is 5.15. The molecule has 7 heteroatoms. The number of nitrogens with one attached hydrogen (secondary N) is 2. The van der Waals surface area contributed by atoms with Gasteiger partial charge in [0.25, 0.3) is 5.91 Å². The summed E-state index contributed by atoms with van der Waals surface area (Å²) in [5.41, 5.74) is 2.66. The van der Waals surface area contributed by atoms with Gasteiger partial charge in [0.05, 0.1) is 17.2 Å². The van der Waals surface area contributed by atoms with E-state index in [0.717, 1.165) is 22.3 Å². The van der Waals surface area contributed by atoms with E-state index in [2.05, 4.69) is 15.3 Å². The molecule has 3 rings (SSSR count). The minimum absolute atomic E-state index is 0.222. The van der Waals surface area contributed by atoms with Crippen molar-refractivity contribution < 1.29 is 9.53 Å². The number of halogens is 2. The third-order valence-corrected chi connectivity index (χ3v) is 4.76. The van der Waals surface area contributed by atoms with Gasteiger partial charge in [-0.25, -0.2) is 0 Å². The maximum atomic E-state index is 12.2. The Bertz CT molecular complexity index is 988. The van der Waals surface area contributed by atoms with Crippen molar-refractivity contribution in [2.75, 3.05) is 13.7 Å². The van der Waals surface area contributed by atoms with Crippen molar-refractivity contribution in [2.45, 2.75) is 6.42 Å². The monoisotopic (exact) mass is 415 g/mol. The van der Waals surface area contributed by atoms with Gasteiger partial charge in [0.1, 0.15) is 0 Å². The fourth-order valence-corrected chi connectivity index (χ4v) is 2.99. The second-order valence-electron chi connectivity index (χ2n) is 6.00. The molecule has 0 unspecified atom stereocenters. The maximum absolute atomic E-state index is 12.2. The molecule has 0 spiro atoms. The van der Waals surface area contributed by atoms with Gasteiger partial charge < -0.3 is 15.0 Å². The lowest BCUT2D eigenvalue weighted by molar-refractivity contribution is -0.120. The maximum Gasteiger partial charge on any atom is 0.286 e. The molecule has 1 amide bonds. The normalized spacial score (nSPS) is 11.9. The van der Waals surface area contributed by atoms with Gasteiger partial charge in [0, 0.05) is 41.5 Å². The van der Waals surface area contributed by atoms with Crippen LogP contribution < -0.4 is 5.32 Å². The molecule has 0 bridgehead atoms. The summed E-state index contributed by atoms with van der Waals surface area (Å²) in [5, 5.41) is 4.78. The molecule has 1 aromatic carbocycles. The summed E-state index contributed by atoms with van der Waals surface area (Å²) in [6, 6.07) is 11.2. The van der Waals surface area contributed by atoms with E-state index in [1.54, 1.807) is 30.5 Å². The van der Waals surface area contributed by atoms with E-state index in [1.165, 1.54) is 7.11 Å². The second kappa shape index (κ2) is 9.44. The SMILES string of the molecule is CO/C(=C\C=C\c1cc2cc(Cl)c(Cl)cc2[nH]1)C(=O)NCCc1ccccn1. The second-order valence-corrected chi connectivity index (χ2v) is 6.81. The van der Waals surface area contributed by atoms with E-state index in [-0.39, 0.29) is 11.7 Å². The molecule has 0 saturated heterocycles. The number of allylic oxidation sites excluding steroid dienone is 2. The fourth-order valence-electron chi connectivity index (χ4n) is 2.65. The van der Waals surface area contributed by atoms with E-state index in [9.17, 15) is 4.79 Å². The zero-order valence-corrected chi connectivity index (χ0v) is 16.7. The lowest BCUT2D eigenvalue weighted by Crippen LogP contribution is -2.27. The van der Waals surface area contributed by atoms with Crippen molar-refractivity contribution in [1.82, 2.24) is 15.3 Å². The van der Waals surface area contributed by atoms with Crippen molar-refractivity contribution >= 4 is 46.1 Å². The van der Waals surface area contributed by atoms with Crippen LogP contribution in [0.25, 0.3) is 17.0 Å². The van der Waals surface area contributed by atoms with Gasteiger partial charge in [-0.05, 0) is 42.5 Å². The summed E-state index contributed by atoms with van der Waals surface area (Å²) in [7, 11) is 1.46. The zero-order chi connectivity index (χ0) is 19.9. The first-order valence-electron chi connectivity index (χ1n) is 8.65. The quantitative estimate of drug-likeness (QED) is 0.331. The molecule has 28 heavy (non-hydrogen) atoms. The topological polar surface area (TPSA) is 67.0 Å². The molecule has 0 aliphatic rings. The Hall–Kier alpha value is -2.76. The summed E-state index contributed by atoms with van der Waals surface area (Å²) in [5.74, 6) is -0.0576. The lowest BCUT2D eigenvalue weighted by atomic mass is 10.2. The Morgan fingerprint density at radius 1 is 1.25 bits per heavy atom. The number of benzene rings is 1. The molecular weight excluding hydrogens is 397 g/mol. The molecule has 2 N–H and O–H groups in total. The highest BCUT2D eigenvalue weighted by atomic mass is 35.5. The van der Waals surface area contributed by atoms with Crippen molar-refractivity contribution in [3.63, 3.8) is 0 Å². The number of pyridine rings is 1. The lowest BCUT2D eigenvalue weighted by Gasteiger charge is -2.07. The number of fused-ring (bicyclic) bond motifs is 1. The van der Waals surface area contributed by atoms with Crippen LogP contribution in [-0.2, 0) is 16.0 Å². The van der Waals surface area contributed by atoms with Gasteiger partial charge in [-0.15, -0.1) is 0 Å². The largest absolute Gasteiger partial charge is 0.491 e. The number of rotatable bonds is 7. The van der Waals surface area contributed by atoms with Crippen LogP contribution in [0.15, 0.2) is 60.5 Å². The van der Waals surface area contributed by atoms with Crippen LogP contribution in [0.3, 0.4) is 0 Å². The number of carbonyl (C=O) groups excluding carboxylic acids is 1. The molecule has 5 nitrogen and oxygen atoms in total. The smallest absolute Gasteiger partial charge is 0.286 e. The van der Waals surface area contributed by atoms with Crippen molar-refractivity contribution in [1.29, 1.82) is 0 Å². The van der Waals surface area contributed by atoms with Gasteiger partial charge in [0.15, 0.2) is 5.76 Å². The van der Waals surface area contributed by atoms with Crippen LogP contribution in [0.5, 0.6) is 0 Å². The minimum Gasteiger partial charge on any atom is -0.491 e. The highest BCUT2D eigenvalue weighted by Crippen LogP contribution is 2.28. The molecule has 0 aliphatic heterocycles. The summed E-state index contributed by atoms with van der Waals surface area (Å²) >= 11 is 12.1. The molecule has 144 valence electrons. The number of ether oxygens (including phenoxy) is 1. The van der Waals surface area contributed by atoms with E-state index in [0.29, 0.717) is 23.0 Å². The number of methoxy groups -OCH3 is 1. The Labute approximate surface area is 173 Å². The minimum atomic E-state index is -0.279. The molecule has 3 aromatic rings. The molecule has 0 aliphatic carbocycles. The molecule has 0 radical (unpaired) electrons. The predicted octanol–water partition coefficient (Wildman–Crippen LogP) is 4.77. The first kappa shape index (κ1) is 20.0. The number of aromatic nitrogens is 2. The van der Waals surface area contributed by atoms with E-state index < -0.39 is 0 Å². The van der Waals surface area contributed by atoms with Crippen molar-refractivity contribution in [3.8, 4) is 0 Å². The molecule has 0 fully saturated rings. The molecule has 0 atom stereocenters. The molecule has 2 aromatic heterocycles. The van der Waals surface area contributed by atoms with E-state index in [1.807, 2.05) is 30.3 Å². The summed E-state index contributed by atoms with van der Waals surface area (Å²) in [6.07, 6.45) is 7.57. The summed E-state index contributed by atoms with van der Waals surface area (Å²) in [6.45, 7) is 0.476. The molecular formula is C21H19Cl2N3O2. The Balaban J connectivity index is 1.61. The van der Waals surface area contributed by atoms with Crippen LogP contribution in [-0.4, -0.2) is 29.5 Å². The van der Waals surface area contributed by atoms with Crippen molar-refractivity contribution in [2.24, 2.45) is 0 Å². The number of nitrogens with zero attached hydrogens (tertiary/aromatic N) is 1. The highest BCUT2D eigenvalue weighted by molar-refractivity contribution is 6.42. The van der Waals surface area contributed by atoms with Gasteiger partial charge in [0.2, 0.25) is 0 Å².